The van der Waals surface area contributed by atoms with Crippen LogP contribution < -0.4 is 5.32 Å². The van der Waals surface area contributed by atoms with E-state index in [0.717, 1.165) is 21.7 Å². The molecule has 0 aliphatic rings. The molecule has 0 saturated heterocycles. The fourth-order valence-corrected chi connectivity index (χ4v) is 2.81. The van der Waals surface area contributed by atoms with Gasteiger partial charge in [-0.1, -0.05) is 13.8 Å². The quantitative estimate of drug-likeness (QED) is 0.811. The highest BCUT2D eigenvalue weighted by molar-refractivity contribution is 7.14. The lowest BCUT2D eigenvalue weighted by atomic mass is 9.84. The van der Waals surface area contributed by atoms with Crippen LogP contribution in [0.3, 0.4) is 0 Å². The van der Waals surface area contributed by atoms with E-state index in [1.54, 1.807) is 0 Å². The Labute approximate surface area is 124 Å². The molecule has 0 radical (unpaired) electrons. The number of aryl methyl sites for hydroxylation is 2. The molecule has 0 saturated carbocycles. The molecule has 0 bridgehead atoms. The van der Waals surface area contributed by atoms with Crippen molar-refractivity contribution in [1.29, 1.82) is 0 Å². The van der Waals surface area contributed by atoms with Gasteiger partial charge in [-0.25, -0.2) is 0 Å². The van der Waals surface area contributed by atoms with Gasteiger partial charge in [-0.05, 0) is 43.7 Å². The van der Waals surface area contributed by atoms with Gasteiger partial charge < -0.3 is 10.4 Å². The number of rotatable bonds is 7. The van der Waals surface area contributed by atoms with Crippen LogP contribution >= 0.6 is 11.3 Å². The number of thiophene rings is 1. The first-order valence-corrected chi connectivity index (χ1v) is 7.60. The SMILES string of the molecule is Cc1cc(C(=O)NCCC(C)(C)CCC(=O)O)sc1C. The van der Waals surface area contributed by atoms with Gasteiger partial charge in [0.25, 0.3) is 5.91 Å². The fraction of sp³-hybridized carbons (Fsp3) is 0.600. The Bertz CT molecular complexity index is 472. The van der Waals surface area contributed by atoms with Crippen LogP contribution in [-0.4, -0.2) is 23.5 Å². The van der Waals surface area contributed by atoms with Crippen LogP contribution in [0.2, 0.25) is 0 Å². The molecule has 4 nitrogen and oxygen atoms in total. The van der Waals surface area contributed by atoms with Crippen molar-refractivity contribution < 1.29 is 14.7 Å². The molecule has 1 rings (SSSR count). The van der Waals surface area contributed by atoms with Gasteiger partial charge in [0.15, 0.2) is 0 Å². The van der Waals surface area contributed by atoms with E-state index in [2.05, 4.69) is 5.32 Å². The van der Waals surface area contributed by atoms with Crippen molar-refractivity contribution in [2.75, 3.05) is 6.54 Å². The van der Waals surface area contributed by atoms with Crippen molar-refractivity contribution in [3.8, 4) is 0 Å². The van der Waals surface area contributed by atoms with Crippen molar-refractivity contribution in [1.82, 2.24) is 5.32 Å². The molecule has 5 heteroatoms. The van der Waals surface area contributed by atoms with Crippen molar-refractivity contribution in [3.63, 3.8) is 0 Å². The third kappa shape index (κ3) is 5.33. The molecule has 0 spiro atoms. The zero-order valence-corrected chi connectivity index (χ0v) is 13.4. The summed E-state index contributed by atoms with van der Waals surface area (Å²) in [5.74, 6) is -0.813. The molecule has 0 aliphatic heterocycles. The van der Waals surface area contributed by atoms with Gasteiger partial charge in [-0.2, -0.15) is 0 Å². The maximum atomic E-state index is 12.0. The molecule has 1 aromatic rings. The summed E-state index contributed by atoms with van der Waals surface area (Å²) in [4.78, 5) is 24.4. The molecule has 0 atom stereocenters. The number of carboxylic acids is 1. The molecular weight excluding hydrogens is 274 g/mol. The van der Waals surface area contributed by atoms with Crippen LogP contribution in [0.4, 0.5) is 0 Å². The van der Waals surface area contributed by atoms with Gasteiger partial charge in [0.2, 0.25) is 0 Å². The van der Waals surface area contributed by atoms with Crippen molar-refractivity contribution in [2.24, 2.45) is 5.41 Å². The smallest absolute Gasteiger partial charge is 0.303 e. The maximum Gasteiger partial charge on any atom is 0.303 e. The second-order valence-corrected chi connectivity index (χ2v) is 7.17. The Hall–Kier alpha value is -1.36. The van der Waals surface area contributed by atoms with E-state index >= 15 is 0 Å². The van der Waals surface area contributed by atoms with E-state index in [9.17, 15) is 9.59 Å². The number of carbonyl (C=O) groups excluding carboxylic acids is 1. The Kier molecular flexibility index (Phi) is 5.74. The summed E-state index contributed by atoms with van der Waals surface area (Å²) in [6.07, 6.45) is 1.56. The Morgan fingerprint density at radius 3 is 2.45 bits per heavy atom. The van der Waals surface area contributed by atoms with Crippen LogP contribution in [-0.2, 0) is 4.79 Å². The van der Waals surface area contributed by atoms with E-state index in [1.807, 2.05) is 33.8 Å². The van der Waals surface area contributed by atoms with Gasteiger partial charge >= 0.3 is 5.97 Å². The van der Waals surface area contributed by atoms with E-state index in [0.29, 0.717) is 13.0 Å². The molecule has 0 fully saturated rings. The van der Waals surface area contributed by atoms with Crippen LogP contribution in [0.1, 0.15) is 53.2 Å². The van der Waals surface area contributed by atoms with Gasteiger partial charge in [0.05, 0.1) is 4.88 Å². The minimum absolute atomic E-state index is 0.0414. The first kappa shape index (κ1) is 16.7. The summed E-state index contributed by atoms with van der Waals surface area (Å²) in [6.45, 7) is 8.63. The number of carbonyl (C=O) groups is 2. The standard InChI is InChI=1S/C15H23NO3S/c1-10-9-12(20-11(10)2)14(19)16-8-7-15(3,4)6-5-13(17)18/h9H,5-8H2,1-4H3,(H,16,19)(H,17,18). The van der Waals surface area contributed by atoms with Crippen molar-refractivity contribution >= 4 is 23.2 Å². The zero-order valence-electron chi connectivity index (χ0n) is 12.6. The minimum Gasteiger partial charge on any atom is -0.481 e. The van der Waals surface area contributed by atoms with E-state index < -0.39 is 5.97 Å². The highest BCUT2D eigenvalue weighted by Gasteiger charge is 2.19. The third-order valence-electron chi connectivity index (χ3n) is 3.49. The molecule has 1 heterocycles. The summed E-state index contributed by atoms with van der Waals surface area (Å²) in [6, 6.07) is 1.91. The lowest BCUT2D eigenvalue weighted by Gasteiger charge is -2.23. The topological polar surface area (TPSA) is 66.4 Å². The first-order chi connectivity index (χ1) is 9.21. The van der Waals surface area contributed by atoms with Crippen molar-refractivity contribution in [3.05, 3.63) is 21.4 Å². The maximum absolute atomic E-state index is 12.0. The summed E-state index contributed by atoms with van der Waals surface area (Å²) < 4.78 is 0. The average molecular weight is 297 g/mol. The Balaban J connectivity index is 2.40. The second-order valence-electron chi connectivity index (χ2n) is 5.91. The fourth-order valence-electron chi connectivity index (χ4n) is 1.86. The normalized spacial score (nSPS) is 11.4. The summed E-state index contributed by atoms with van der Waals surface area (Å²) >= 11 is 1.50. The molecule has 112 valence electrons. The lowest BCUT2D eigenvalue weighted by molar-refractivity contribution is -0.137. The second kappa shape index (κ2) is 6.88. The lowest BCUT2D eigenvalue weighted by Crippen LogP contribution is -2.27. The molecule has 20 heavy (non-hydrogen) atoms. The predicted molar refractivity (Wildman–Crippen MR) is 81.4 cm³/mol. The molecule has 0 aliphatic carbocycles. The van der Waals surface area contributed by atoms with Crippen LogP contribution in [0.15, 0.2) is 6.07 Å². The van der Waals surface area contributed by atoms with E-state index in [-0.39, 0.29) is 17.7 Å². The average Bonchev–Trinajstić information content (AvgIpc) is 2.67. The molecule has 1 aromatic heterocycles. The molecule has 2 N–H and O–H groups in total. The van der Waals surface area contributed by atoms with Crippen molar-refractivity contribution in [2.45, 2.75) is 47.0 Å². The van der Waals surface area contributed by atoms with Gasteiger partial charge in [0.1, 0.15) is 0 Å². The van der Waals surface area contributed by atoms with E-state index in [4.69, 9.17) is 5.11 Å². The van der Waals surface area contributed by atoms with Crippen LogP contribution in [0.25, 0.3) is 0 Å². The number of hydrogen-bond acceptors (Lipinski definition) is 3. The molecule has 1 amide bonds. The zero-order chi connectivity index (χ0) is 15.3. The number of aliphatic carboxylic acids is 1. The predicted octanol–water partition coefficient (Wildman–Crippen LogP) is 3.38. The van der Waals surface area contributed by atoms with Crippen LogP contribution in [0, 0.1) is 19.3 Å². The first-order valence-electron chi connectivity index (χ1n) is 6.78. The third-order valence-corrected chi connectivity index (χ3v) is 4.64. The number of nitrogens with one attached hydrogen (secondary N) is 1. The largest absolute Gasteiger partial charge is 0.481 e. The van der Waals surface area contributed by atoms with E-state index in [1.165, 1.54) is 11.3 Å². The molecule has 0 aromatic carbocycles. The summed E-state index contributed by atoms with van der Waals surface area (Å²) in [5.41, 5.74) is 1.06. The Morgan fingerprint density at radius 1 is 1.30 bits per heavy atom. The monoisotopic (exact) mass is 297 g/mol. The van der Waals surface area contributed by atoms with Gasteiger partial charge in [0, 0.05) is 17.8 Å². The number of hydrogen-bond donors (Lipinski definition) is 2. The molecule has 0 unspecified atom stereocenters. The highest BCUT2D eigenvalue weighted by atomic mass is 32.1. The Morgan fingerprint density at radius 2 is 1.95 bits per heavy atom. The van der Waals surface area contributed by atoms with Gasteiger partial charge in [-0.3, -0.25) is 9.59 Å². The van der Waals surface area contributed by atoms with Gasteiger partial charge in [-0.15, -0.1) is 11.3 Å². The summed E-state index contributed by atoms with van der Waals surface area (Å²) in [7, 11) is 0. The highest BCUT2D eigenvalue weighted by Crippen LogP contribution is 2.26. The number of carboxylic acid groups (broad SMARTS) is 1. The minimum atomic E-state index is -0.772. The molecular formula is C15H23NO3S. The number of amides is 1. The summed E-state index contributed by atoms with van der Waals surface area (Å²) in [5, 5.41) is 11.6. The van der Waals surface area contributed by atoms with Crippen LogP contribution in [0.5, 0.6) is 0 Å².